The molecule has 1 heterocycles. The van der Waals surface area contributed by atoms with Crippen LogP contribution in [0.2, 0.25) is 5.02 Å². The van der Waals surface area contributed by atoms with E-state index in [-0.39, 0.29) is 0 Å². The van der Waals surface area contributed by atoms with Crippen molar-refractivity contribution in [3.05, 3.63) is 29.3 Å². The summed E-state index contributed by atoms with van der Waals surface area (Å²) in [5.41, 5.74) is 0.686. The summed E-state index contributed by atoms with van der Waals surface area (Å²) < 4.78 is 5.23. The van der Waals surface area contributed by atoms with Crippen LogP contribution in [0.15, 0.2) is 24.3 Å². The third-order valence-corrected chi connectivity index (χ3v) is 4.87. The van der Waals surface area contributed by atoms with Crippen molar-refractivity contribution < 1.29 is 9.53 Å². The van der Waals surface area contributed by atoms with Gasteiger partial charge in [-0.05, 0) is 64.4 Å². The zero-order valence-electron chi connectivity index (χ0n) is 15.5. The van der Waals surface area contributed by atoms with Crippen molar-refractivity contribution in [2.45, 2.75) is 45.7 Å². The third kappa shape index (κ3) is 6.84. The second-order valence-electron chi connectivity index (χ2n) is 6.96. The number of benzene rings is 1. The monoisotopic (exact) mass is 367 g/mol. The summed E-state index contributed by atoms with van der Waals surface area (Å²) in [4.78, 5) is 16.8. The Hall–Kier alpha value is -1.30. The maximum Gasteiger partial charge on any atom is 0.411 e. The summed E-state index contributed by atoms with van der Waals surface area (Å²) in [6, 6.07) is 8.19. The highest BCUT2D eigenvalue weighted by molar-refractivity contribution is 6.30. The molecule has 6 heteroatoms. The molecule has 1 aliphatic heterocycles. The van der Waals surface area contributed by atoms with Gasteiger partial charge in [0.2, 0.25) is 0 Å². The second kappa shape index (κ2) is 10.00. The van der Waals surface area contributed by atoms with Gasteiger partial charge < -0.3 is 9.64 Å². The molecule has 1 aromatic carbocycles. The van der Waals surface area contributed by atoms with E-state index in [1.165, 1.54) is 0 Å². The van der Waals surface area contributed by atoms with Gasteiger partial charge >= 0.3 is 6.09 Å². The zero-order chi connectivity index (χ0) is 18.2. The van der Waals surface area contributed by atoms with E-state index in [0.29, 0.717) is 29.4 Å². The Kier molecular flexibility index (Phi) is 8.00. The van der Waals surface area contributed by atoms with E-state index in [1.807, 2.05) is 0 Å². The van der Waals surface area contributed by atoms with Crippen LogP contribution < -0.4 is 5.32 Å². The minimum absolute atomic E-state index is 0.415. The van der Waals surface area contributed by atoms with Crippen LogP contribution in [0.25, 0.3) is 0 Å². The molecule has 1 aromatic rings. The van der Waals surface area contributed by atoms with E-state index < -0.39 is 6.09 Å². The first-order chi connectivity index (χ1) is 12.0. The smallest absolute Gasteiger partial charge is 0.411 e. The number of nitrogens with one attached hydrogen (secondary N) is 1. The molecule has 0 aliphatic carbocycles. The summed E-state index contributed by atoms with van der Waals surface area (Å²) >= 11 is 5.81. The normalized spacial score (nSPS) is 19.2. The topological polar surface area (TPSA) is 44.8 Å². The fourth-order valence-corrected chi connectivity index (χ4v) is 3.43. The van der Waals surface area contributed by atoms with E-state index in [2.05, 4.69) is 35.9 Å². The minimum Gasteiger partial charge on any atom is -0.449 e. The van der Waals surface area contributed by atoms with E-state index in [9.17, 15) is 4.79 Å². The first kappa shape index (κ1) is 20.0. The van der Waals surface area contributed by atoms with Gasteiger partial charge in [0.15, 0.2) is 0 Å². The lowest BCUT2D eigenvalue weighted by Crippen LogP contribution is -2.54. The first-order valence-electron chi connectivity index (χ1n) is 9.13. The van der Waals surface area contributed by atoms with Gasteiger partial charge in [-0.15, -0.1) is 0 Å². The van der Waals surface area contributed by atoms with Crippen LogP contribution in [0.4, 0.5) is 10.5 Å². The van der Waals surface area contributed by atoms with Crippen LogP contribution in [-0.2, 0) is 4.74 Å². The molecule has 0 saturated carbocycles. The third-order valence-electron chi connectivity index (χ3n) is 4.62. The van der Waals surface area contributed by atoms with Crippen molar-refractivity contribution in [3.63, 3.8) is 0 Å². The Labute approximate surface area is 156 Å². The number of halogens is 1. The molecule has 2 rings (SSSR count). The Morgan fingerprint density at radius 2 is 2.00 bits per heavy atom. The quantitative estimate of drug-likeness (QED) is 0.737. The second-order valence-corrected chi connectivity index (χ2v) is 7.39. The standard InChI is InChI=1S/C19H30ClN3O2/c1-15(2)23-12-11-22(14-16(23)3)10-4-5-13-25-19(24)21-18-8-6-17(20)7-9-18/h6-9,15-16H,4-5,10-14H2,1-3H3,(H,21,24)/t16-/m1/s1. The molecule has 1 fully saturated rings. The number of amides is 1. The van der Waals surface area contributed by atoms with E-state index in [0.717, 1.165) is 39.0 Å². The highest BCUT2D eigenvalue weighted by atomic mass is 35.5. The number of anilines is 1. The summed E-state index contributed by atoms with van der Waals surface area (Å²) in [7, 11) is 0. The van der Waals surface area contributed by atoms with Crippen LogP contribution in [0.1, 0.15) is 33.6 Å². The van der Waals surface area contributed by atoms with Gasteiger partial charge in [-0.2, -0.15) is 0 Å². The number of hydrogen-bond donors (Lipinski definition) is 1. The Morgan fingerprint density at radius 3 is 2.64 bits per heavy atom. The van der Waals surface area contributed by atoms with Gasteiger partial charge in [-0.1, -0.05) is 11.6 Å². The molecule has 1 N–H and O–H groups in total. The van der Waals surface area contributed by atoms with Gasteiger partial charge in [0, 0.05) is 42.4 Å². The predicted molar refractivity (Wildman–Crippen MR) is 103 cm³/mol. The average Bonchev–Trinajstić information content (AvgIpc) is 2.56. The van der Waals surface area contributed by atoms with E-state index >= 15 is 0 Å². The molecule has 0 aromatic heterocycles. The molecule has 0 bridgehead atoms. The number of hydrogen-bond acceptors (Lipinski definition) is 4. The molecule has 0 radical (unpaired) electrons. The van der Waals surface area contributed by atoms with Crippen molar-refractivity contribution in [3.8, 4) is 0 Å². The fraction of sp³-hybridized carbons (Fsp3) is 0.632. The van der Waals surface area contributed by atoms with Crippen molar-refractivity contribution in [1.29, 1.82) is 0 Å². The molecule has 1 saturated heterocycles. The Bertz CT molecular complexity index is 536. The molecule has 5 nitrogen and oxygen atoms in total. The van der Waals surface area contributed by atoms with Crippen molar-refractivity contribution in [2.24, 2.45) is 0 Å². The highest BCUT2D eigenvalue weighted by Crippen LogP contribution is 2.14. The van der Waals surface area contributed by atoms with Crippen molar-refractivity contribution in [1.82, 2.24) is 9.80 Å². The molecule has 140 valence electrons. The van der Waals surface area contributed by atoms with Crippen LogP contribution in [0.3, 0.4) is 0 Å². The van der Waals surface area contributed by atoms with Crippen molar-refractivity contribution >= 4 is 23.4 Å². The summed E-state index contributed by atoms with van der Waals surface area (Å²) in [5, 5.41) is 3.34. The SMILES string of the molecule is CC(C)N1CCN(CCCCOC(=O)Nc2ccc(Cl)cc2)C[C@H]1C. The molecule has 1 atom stereocenters. The highest BCUT2D eigenvalue weighted by Gasteiger charge is 2.24. The minimum atomic E-state index is -0.415. The largest absolute Gasteiger partial charge is 0.449 e. The lowest BCUT2D eigenvalue weighted by Gasteiger charge is -2.42. The lowest BCUT2D eigenvalue weighted by molar-refractivity contribution is 0.0586. The maximum atomic E-state index is 11.7. The average molecular weight is 368 g/mol. The molecular weight excluding hydrogens is 338 g/mol. The van der Waals surface area contributed by atoms with E-state index in [1.54, 1.807) is 24.3 Å². The lowest BCUT2D eigenvalue weighted by atomic mass is 10.1. The molecule has 1 aliphatic rings. The Morgan fingerprint density at radius 1 is 1.28 bits per heavy atom. The predicted octanol–water partition coefficient (Wildman–Crippen LogP) is 4.08. The van der Waals surface area contributed by atoms with Gasteiger partial charge in [-0.25, -0.2) is 4.79 Å². The molecular formula is C19H30ClN3O2. The number of rotatable bonds is 7. The molecule has 0 unspecified atom stereocenters. The van der Waals surface area contributed by atoms with Crippen LogP contribution >= 0.6 is 11.6 Å². The molecule has 25 heavy (non-hydrogen) atoms. The zero-order valence-corrected chi connectivity index (χ0v) is 16.3. The molecule has 0 spiro atoms. The number of carbonyl (C=O) groups is 1. The number of carbonyl (C=O) groups excluding carboxylic acids is 1. The fourth-order valence-electron chi connectivity index (χ4n) is 3.31. The summed E-state index contributed by atoms with van der Waals surface area (Å²) in [5.74, 6) is 0. The number of nitrogens with zero attached hydrogens (tertiary/aromatic N) is 2. The van der Waals surface area contributed by atoms with Crippen molar-refractivity contribution in [2.75, 3.05) is 38.1 Å². The van der Waals surface area contributed by atoms with Gasteiger partial charge in [0.25, 0.3) is 0 Å². The van der Waals surface area contributed by atoms with Gasteiger partial charge in [0.05, 0.1) is 6.61 Å². The van der Waals surface area contributed by atoms with E-state index in [4.69, 9.17) is 16.3 Å². The number of piperazine rings is 1. The number of ether oxygens (including phenoxy) is 1. The van der Waals surface area contributed by atoms with Crippen LogP contribution in [0, 0.1) is 0 Å². The van der Waals surface area contributed by atoms with Crippen LogP contribution in [0.5, 0.6) is 0 Å². The summed E-state index contributed by atoms with van der Waals surface area (Å²) in [6.45, 7) is 11.7. The van der Waals surface area contributed by atoms with Gasteiger partial charge in [-0.3, -0.25) is 10.2 Å². The maximum absolute atomic E-state index is 11.7. The Balaban J connectivity index is 1.56. The summed E-state index contributed by atoms with van der Waals surface area (Å²) in [6.07, 6.45) is 1.51. The number of unbranched alkanes of at least 4 members (excludes halogenated alkanes) is 1. The first-order valence-corrected chi connectivity index (χ1v) is 9.51. The van der Waals surface area contributed by atoms with Crippen LogP contribution in [-0.4, -0.2) is 60.8 Å². The van der Waals surface area contributed by atoms with Gasteiger partial charge in [0.1, 0.15) is 0 Å². The molecule has 1 amide bonds.